The van der Waals surface area contributed by atoms with Gasteiger partial charge in [0.25, 0.3) is 0 Å². The number of nitrogens with zero attached hydrogens (tertiary/aromatic N) is 2. The lowest BCUT2D eigenvalue weighted by Gasteiger charge is -2.18. The second-order valence-corrected chi connectivity index (χ2v) is 5.17. The van der Waals surface area contributed by atoms with E-state index in [1.165, 1.54) is 17.6 Å². The summed E-state index contributed by atoms with van der Waals surface area (Å²) in [7, 11) is 0. The van der Waals surface area contributed by atoms with Gasteiger partial charge in [0.15, 0.2) is 0 Å². The molecule has 0 spiro atoms. The van der Waals surface area contributed by atoms with Crippen LogP contribution in [0.2, 0.25) is 0 Å². The van der Waals surface area contributed by atoms with Crippen molar-refractivity contribution >= 4 is 11.5 Å². The summed E-state index contributed by atoms with van der Waals surface area (Å²) >= 11 is 1.39. The second-order valence-electron chi connectivity index (χ2n) is 4.38. The third-order valence-corrected chi connectivity index (χ3v) is 3.79. The zero-order chi connectivity index (χ0) is 13.7. The van der Waals surface area contributed by atoms with Crippen LogP contribution in [0.1, 0.15) is 42.4 Å². The van der Waals surface area contributed by atoms with E-state index in [1.54, 1.807) is 12.1 Å². The van der Waals surface area contributed by atoms with Gasteiger partial charge in [0, 0.05) is 0 Å². The molecule has 0 fully saturated rings. The molecule has 0 aliphatic carbocycles. The lowest BCUT2D eigenvalue weighted by Crippen LogP contribution is -2.23. The van der Waals surface area contributed by atoms with Gasteiger partial charge < -0.3 is 5.32 Å². The van der Waals surface area contributed by atoms with Gasteiger partial charge in [-0.05, 0) is 48.6 Å². The van der Waals surface area contributed by atoms with Crippen LogP contribution in [0.15, 0.2) is 24.3 Å². The monoisotopic (exact) mass is 279 g/mol. The predicted molar refractivity (Wildman–Crippen MR) is 75.8 cm³/mol. The zero-order valence-electron chi connectivity index (χ0n) is 11.2. The summed E-state index contributed by atoms with van der Waals surface area (Å²) in [5.74, 6) is -0.212. The van der Waals surface area contributed by atoms with E-state index >= 15 is 0 Å². The third kappa shape index (κ3) is 3.36. The predicted octanol–water partition coefficient (Wildman–Crippen LogP) is 3.33. The minimum atomic E-state index is -0.212. The topological polar surface area (TPSA) is 37.8 Å². The van der Waals surface area contributed by atoms with Crippen LogP contribution in [0.3, 0.4) is 0 Å². The first-order valence-corrected chi connectivity index (χ1v) is 7.33. The van der Waals surface area contributed by atoms with Gasteiger partial charge in [0.2, 0.25) is 0 Å². The molecule has 0 bridgehead atoms. The molecule has 0 amide bonds. The molecule has 0 radical (unpaired) electrons. The first-order chi connectivity index (χ1) is 9.26. The SMILES string of the molecule is CCCNC(c1cccc(F)c1)c1snnc1CC. The number of halogens is 1. The summed E-state index contributed by atoms with van der Waals surface area (Å²) < 4.78 is 17.4. The molecule has 5 heteroatoms. The van der Waals surface area contributed by atoms with Crippen molar-refractivity contribution in [2.24, 2.45) is 0 Å². The van der Waals surface area contributed by atoms with Gasteiger partial charge in [-0.2, -0.15) is 0 Å². The molecular formula is C14H18FN3S. The summed E-state index contributed by atoms with van der Waals surface area (Å²) in [5.41, 5.74) is 1.91. The van der Waals surface area contributed by atoms with E-state index in [0.717, 1.165) is 35.5 Å². The van der Waals surface area contributed by atoms with Gasteiger partial charge >= 0.3 is 0 Å². The van der Waals surface area contributed by atoms with Crippen molar-refractivity contribution in [2.45, 2.75) is 32.7 Å². The smallest absolute Gasteiger partial charge is 0.123 e. The minimum Gasteiger partial charge on any atom is -0.305 e. The van der Waals surface area contributed by atoms with Gasteiger partial charge in [0.05, 0.1) is 16.6 Å². The van der Waals surface area contributed by atoms with Gasteiger partial charge in [-0.3, -0.25) is 0 Å². The quantitative estimate of drug-likeness (QED) is 0.881. The van der Waals surface area contributed by atoms with Crippen LogP contribution in [0.5, 0.6) is 0 Å². The average molecular weight is 279 g/mol. The molecule has 1 heterocycles. The lowest BCUT2D eigenvalue weighted by atomic mass is 10.0. The van der Waals surface area contributed by atoms with E-state index < -0.39 is 0 Å². The van der Waals surface area contributed by atoms with Gasteiger partial charge in [-0.1, -0.05) is 30.5 Å². The summed E-state index contributed by atoms with van der Waals surface area (Å²) in [6.07, 6.45) is 1.87. The maximum Gasteiger partial charge on any atom is 0.123 e. The van der Waals surface area contributed by atoms with Crippen LogP contribution >= 0.6 is 11.5 Å². The van der Waals surface area contributed by atoms with Crippen molar-refractivity contribution in [3.63, 3.8) is 0 Å². The molecule has 1 unspecified atom stereocenters. The molecule has 0 aliphatic rings. The van der Waals surface area contributed by atoms with Gasteiger partial charge in [-0.15, -0.1) is 5.10 Å². The maximum absolute atomic E-state index is 13.4. The van der Waals surface area contributed by atoms with Crippen LogP contribution in [-0.4, -0.2) is 16.1 Å². The maximum atomic E-state index is 13.4. The van der Waals surface area contributed by atoms with E-state index in [2.05, 4.69) is 28.8 Å². The van der Waals surface area contributed by atoms with Crippen molar-refractivity contribution < 1.29 is 4.39 Å². The highest BCUT2D eigenvalue weighted by Gasteiger charge is 2.20. The van der Waals surface area contributed by atoms with Crippen molar-refractivity contribution in [3.05, 3.63) is 46.2 Å². The molecule has 1 aromatic carbocycles. The Morgan fingerprint density at radius 1 is 1.37 bits per heavy atom. The Bertz CT molecular complexity index is 527. The molecular weight excluding hydrogens is 261 g/mol. The number of hydrogen-bond acceptors (Lipinski definition) is 4. The third-order valence-electron chi connectivity index (χ3n) is 2.96. The highest BCUT2D eigenvalue weighted by Crippen LogP contribution is 2.27. The van der Waals surface area contributed by atoms with Crippen molar-refractivity contribution in [1.29, 1.82) is 0 Å². The fourth-order valence-corrected chi connectivity index (χ4v) is 2.86. The Hall–Kier alpha value is -1.33. The van der Waals surface area contributed by atoms with Gasteiger partial charge in [0.1, 0.15) is 5.82 Å². The number of hydrogen-bond donors (Lipinski definition) is 1. The van der Waals surface area contributed by atoms with E-state index in [1.807, 2.05) is 6.07 Å². The number of aryl methyl sites for hydroxylation is 1. The lowest BCUT2D eigenvalue weighted by molar-refractivity contribution is 0.587. The number of benzene rings is 1. The van der Waals surface area contributed by atoms with Crippen molar-refractivity contribution in [2.75, 3.05) is 6.54 Å². The second kappa shape index (κ2) is 6.73. The average Bonchev–Trinajstić information content (AvgIpc) is 2.88. The summed E-state index contributed by atoms with van der Waals surface area (Å²) in [6.45, 7) is 5.05. The van der Waals surface area contributed by atoms with Crippen molar-refractivity contribution in [3.8, 4) is 0 Å². The minimum absolute atomic E-state index is 0.0226. The van der Waals surface area contributed by atoms with Crippen molar-refractivity contribution in [1.82, 2.24) is 14.9 Å². The highest BCUT2D eigenvalue weighted by molar-refractivity contribution is 7.05. The largest absolute Gasteiger partial charge is 0.305 e. The summed E-state index contributed by atoms with van der Waals surface area (Å²) in [4.78, 5) is 1.08. The number of aromatic nitrogens is 2. The van der Waals surface area contributed by atoms with Crippen LogP contribution in [0, 0.1) is 5.82 Å². The molecule has 1 atom stereocenters. The molecule has 3 nitrogen and oxygen atoms in total. The normalized spacial score (nSPS) is 12.6. The van der Waals surface area contributed by atoms with Crippen LogP contribution in [-0.2, 0) is 6.42 Å². The molecule has 2 aromatic rings. The van der Waals surface area contributed by atoms with Crippen LogP contribution < -0.4 is 5.32 Å². The first kappa shape index (κ1) is 14.1. The Balaban J connectivity index is 2.35. The Kier molecular flexibility index (Phi) is 4.99. The van der Waals surface area contributed by atoms with E-state index in [9.17, 15) is 4.39 Å². The first-order valence-electron chi connectivity index (χ1n) is 6.56. The Morgan fingerprint density at radius 3 is 2.89 bits per heavy atom. The zero-order valence-corrected chi connectivity index (χ0v) is 12.0. The van der Waals surface area contributed by atoms with E-state index in [-0.39, 0.29) is 11.9 Å². The fraction of sp³-hybridized carbons (Fsp3) is 0.429. The molecule has 19 heavy (non-hydrogen) atoms. The standard InChI is InChI=1S/C14H18FN3S/c1-3-8-16-13(10-6-5-7-11(15)9-10)14-12(4-2)17-18-19-14/h5-7,9,13,16H,3-4,8H2,1-2H3. The number of rotatable bonds is 6. The van der Waals surface area contributed by atoms with E-state index in [4.69, 9.17) is 0 Å². The Morgan fingerprint density at radius 2 is 2.21 bits per heavy atom. The molecule has 2 rings (SSSR count). The van der Waals surface area contributed by atoms with Crippen LogP contribution in [0.25, 0.3) is 0 Å². The van der Waals surface area contributed by atoms with E-state index in [0.29, 0.717) is 0 Å². The summed E-state index contributed by atoms with van der Waals surface area (Å²) in [5, 5.41) is 7.60. The Labute approximate surface area is 117 Å². The number of nitrogens with one attached hydrogen (secondary N) is 1. The summed E-state index contributed by atoms with van der Waals surface area (Å²) in [6, 6.07) is 6.70. The molecule has 0 saturated carbocycles. The van der Waals surface area contributed by atoms with Crippen LogP contribution in [0.4, 0.5) is 4.39 Å². The highest BCUT2D eigenvalue weighted by atomic mass is 32.1. The molecule has 0 saturated heterocycles. The molecule has 1 aromatic heterocycles. The molecule has 102 valence electrons. The molecule has 1 N–H and O–H groups in total. The fourth-order valence-electron chi connectivity index (χ4n) is 2.02. The van der Waals surface area contributed by atoms with Gasteiger partial charge in [-0.25, -0.2) is 4.39 Å². The molecule has 0 aliphatic heterocycles.